The highest BCUT2D eigenvalue weighted by molar-refractivity contribution is 5.94. The van der Waals surface area contributed by atoms with E-state index in [9.17, 15) is 9.59 Å². The van der Waals surface area contributed by atoms with Crippen LogP contribution in [-0.2, 0) is 10.3 Å². The van der Waals surface area contributed by atoms with Crippen LogP contribution in [0.3, 0.4) is 0 Å². The molecule has 0 atom stereocenters. The van der Waals surface area contributed by atoms with Crippen LogP contribution in [0.2, 0.25) is 0 Å². The van der Waals surface area contributed by atoms with Gasteiger partial charge in [0.05, 0.1) is 17.3 Å². The Hall–Kier alpha value is -2.69. The van der Waals surface area contributed by atoms with E-state index >= 15 is 0 Å². The molecule has 0 aromatic carbocycles. The maximum atomic E-state index is 12.7. The van der Waals surface area contributed by atoms with Gasteiger partial charge >= 0.3 is 0 Å². The molecule has 1 aromatic rings. The lowest BCUT2D eigenvalue weighted by Gasteiger charge is -2.31. The van der Waals surface area contributed by atoms with Crippen molar-refractivity contribution in [1.29, 1.82) is 0 Å². The van der Waals surface area contributed by atoms with E-state index in [0.717, 1.165) is 6.42 Å². The van der Waals surface area contributed by atoms with Gasteiger partial charge in [-0.15, -0.1) is 12.3 Å². The molecule has 1 aromatic heterocycles. The summed E-state index contributed by atoms with van der Waals surface area (Å²) in [5, 5.41) is 15.5. The highest BCUT2D eigenvalue weighted by Gasteiger charge is 2.39. The van der Waals surface area contributed by atoms with Crippen molar-refractivity contribution < 1.29 is 9.59 Å². The molecule has 2 amide bonds. The van der Waals surface area contributed by atoms with Crippen molar-refractivity contribution in [2.45, 2.75) is 64.1 Å². The third kappa shape index (κ3) is 5.22. The highest BCUT2D eigenvalue weighted by Crippen LogP contribution is 2.36. The zero-order chi connectivity index (χ0) is 21.1. The number of piperidine rings is 1. The molecule has 0 spiro atoms. The van der Waals surface area contributed by atoms with Crippen molar-refractivity contribution >= 4 is 11.8 Å². The van der Waals surface area contributed by atoms with Gasteiger partial charge in [0.25, 0.3) is 5.91 Å². The smallest absolute Gasteiger partial charge is 0.257 e. The van der Waals surface area contributed by atoms with Gasteiger partial charge in [0.15, 0.2) is 5.66 Å². The fraction of sp³-hybridized carbons (Fsp3) is 0.667. The number of likely N-dealkylation sites (tertiary alicyclic amines) is 1. The van der Waals surface area contributed by atoms with E-state index in [-0.39, 0.29) is 28.9 Å². The van der Waals surface area contributed by atoms with Crippen LogP contribution in [0.4, 0.5) is 0 Å². The molecular formula is C21H30N6O2. The molecule has 3 rings (SSSR count). The van der Waals surface area contributed by atoms with E-state index in [1.165, 1.54) is 0 Å². The number of hydrogen-bond acceptors (Lipinski definition) is 5. The Bertz CT molecular complexity index is 815. The monoisotopic (exact) mass is 398 g/mol. The van der Waals surface area contributed by atoms with E-state index in [1.807, 2.05) is 25.7 Å². The lowest BCUT2D eigenvalue weighted by atomic mass is 9.95. The van der Waals surface area contributed by atoms with Crippen LogP contribution < -0.4 is 5.32 Å². The largest absolute Gasteiger partial charge is 0.356 e. The third-order valence-corrected chi connectivity index (χ3v) is 5.55. The van der Waals surface area contributed by atoms with Crippen LogP contribution in [0, 0.1) is 18.3 Å². The fourth-order valence-corrected chi connectivity index (χ4v) is 3.53. The minimum absolute atomic E-state index is 0.0215. The molecule has 3 heterocycles. The molecule has 0 aliphatic carbocycles. The molecule has 0 bridgehead atoms. The van der Waals surface area contributed by atoms with E-state index < -0.39 is 0 Å². The van der Waals surface area contributed by atoms with E-state index in [0.29, 0.717) is 50.9 Å². The predicted octanol–water partition coefficient (Wildman–Crippen LogP) is 2.57. The first-order valence-electron chi connectivity index (χ1n) is 10.2. The quantitative estimate of drug-likeness (QED) is 0.716. The first-order chi connectivity index (χ1) is 13.7. The second-order valence-electron chi connectivity index (χ2n) is 8.84. The molecule has 0 unspecified atom stereocenters. The summed E-state index contributed by atoms with van der Waals surface area (Å²) in [6, 6.07) is 0. The summed E-state index contributed by atoms with van der Waals surface area (Å²) in [7, 11) is 0. The van der Waals surface area contributed by atoms with Gasteiger partial charge < -0.3 is 10.2 Å². The number of aromatic nitrogens is 2. The summed E-state index contributed by atoms with van der Waals surface area (Å²) in [6.07, 6.45) is 12.1. The van der Waals surface area contributed by atoms with Gasteiger partial charge in [-0.25, -0.2) is 0 Å². The van der Waals surface area contributed by atoms with Crippen LogP contribution in [0.5, 0.6) is 0 Å². The Balaban J connectivity index is 1.42. The predicted molar refractivity (Wildman–Crippen MR) is 109 cm³/mol. The standard InChI is InChI=1S/C21H30N6O2/c1-5-6-9-21(24-25-21)10-11-22-18(28)16-7-12-26(13-8-16)19(29)17-14-23-27(15-17)20(2,3)4/h1,14-16H,6-13H2,2-4H3,(H,22,28). The van der Waals surface area contributed by atoms with E-state index in [1.54, 1.807) is 17.1 Å². The number of carbonyl (C=O) groups is 2. The molecular weight excluding hydrogens is 368 g/mol. The molecule has 1 saturated heterocycles. The van der Waals surface area contributed by atoms with Gasteiger partial charge in [0, 0.05) is 51.0 Å². The molecule has 1 N–H and O–H groups in total. The van der Waals surface area contributed by atoms with Gasteiger partial charge in [-0.1, -0.05) is 0 Å². The fourth-order valence-electron chi connectivity index (χ4n) is 3.53. The van der Waals surface area contributed by atoms with E-state index in [2.05, 4.69) is 26.6 Å². The summed E-state index contributed by atoms with van der Waals surface area (Å²) < 4.78 is 1.80. The third-order valence-electron chi connectivity index (χ3n) is 5.55. The minimum Gasteiger partial charge on any atom is -0.356 e. The van der Waals surface area contributed by atoms with Crippen LogP contribution in [0.1, 0.15) is 63.2 Å². The van der Waals surface area contributed by atoms with E-state index in [4.69, 9.17) is 6.42 Å². The lowest BCUT2D eigenvalue weighted by molar-refractivity contribution is -0.126. The van der Waals surface area contributed by atoms with Gasteiger partial charge in [-0.2, -0.15) is 15.3 Å². The van der Waals surface area contributed by atoms with Crippen molar-refractivity contribution in [1.82, 2.24) is 20.0 Å². The van der Waals surface area contributed by atoms with Crippen molar-refractivity contribution in [2.75, 3.05) is 19.6 Å². The van der Waals surface area contributed by atoms with Crippen LogP contribution >= 0.6 is 0 Å². The zero-order valence-electron chi connectivity index (χ0n) is 17.5. The Morgan fingerprint density at radius 1 is 1.28 bits per heavy atom. The van der Waals surface area contributed by atoms with Crippen LogP contribution in [-0.4, -0.2) is 51.8 Å². The topological polar surface area (TPSA) is 92.0 Å². The molecule has 2 aliphatic rings. The molecule has 156 valence electrons. The average Bonchev–Trinajstić information content (AvgIpc) is 3.26. The normalized spacial score (nSPS) is 18.3. The number of nitrogens with one attached hydrogen (secondary N) is 1. The van der Waals surface area contributed by atoms with Crippen molar-refractivity contribution in [3.8, 4) is 12.3 Å². The number of amides is 2. The molecule has 2 aliphatic heterocycles. The molecule has 8 heteroatoms. The first kappa shape index (κ1) is 21.0. The van der Waals surface area contributed by atoms with Gasteiger partial charge in [-0.05, 0) is 33.6 Å². The maximum Gasteiger partial charge on any atom is 0.257 e. The van der Waals surface area contributed by atoms with Crippen molar-refractivity contribution in [2.24, 2.45) is 16.1 Å². The van der Waals surface area contributed by atoms with Crippen LogP contribution in [0.25, 0.3) is 0 Å². The summed E-state index contributed by atoms with van der Waals surface area (Å²) >= 11 is 0. The second kappa shape index (κ2) is 8.36. The second-order valence-corrected chi connectivity index (χ2v) is 8.84. The van der Waals surface area contributed by atoms with Gasteiger partial charge in [0.1, 0.15) is 0 Å². The summed E-state index contributed by atoms with van der Waals surface area (Å²) in [4.78, 5) is 27.0. The Kier molecular flexibility index (Phi) is 6.06. The summed E-state index contributed by atoms with van der Waals surface area (Å²) in [6.45, 7) is 7.83. The summed E-state index contributed by atoms with van der Waals surface area (Å²) in [5.74, 6) is 2.56. The number of rotatable bonds is 7. The zero-order valence-corrected chi connectivity index (χ0v) is 17.5. The SMILES string of the molecule is C#CCCC1(CCNC(=O)C2CCN(C(=O)c3cnn(C(C)(C)C)c3)CC2)N=N1. The van der Waals surface area contributed by atoms with Gasteiger partial charge in [0.2, 0.25) is 5.91 Å². The minimum atomic E-state index is -0.368. The molecule has 1 fully saturated rings. The molecule has 8 nitrogen and oxygen atoms in total. The highest BCUT2D eigenvalue weighted by atomic mass is 16.2. The number of hydrogen-bond donors (Lipinski definition) is 1. The number of terminal acetylenes is 1. The molecule has 0 saturated carbocycles. The number of nitrogens with zero attached hydrogens (tertiary/aromatic N) is 5. The molecule has 0 radical (unpaired) electrons. The Morgan fingerprint density at radius 2 is 1.97 bits per heavy atom. The Morgan fingerprint density at radius 3 is 2.52 bits per heavy atom. The van der Waals surface area contributed by atoms with Crippen LogP contribution in [0.15, 0.2) is 22.6 Å². The summed E-state index contributed by atoms with van der Waals surface area (Å²) in [5.41, 5.74) is 0.0637. The first-order valence-corrected chi connectivity index (χ1v) is 10.2. The molecule has 29 heavy (non-hydrogen) atoms. The average molecular weight is 399 g/mol. The lowest BCUT2D eigenvalue weighted by Crippen LogP contribution is -2.43. The maximum absolute atomic E-state index is 12.7. The van der Waals surface area contributed by atoms with Gasteiger partial charge in [-0.3, -0.25) is 14.3 Å². The Labute approximate surface area is 172 Å². The number of carbonyl (C=O) groups excluding carboxylic acids is 2. The van der Waals surface area contributed by atoms with Crippen molar-refractivity contribution in [3.63, 3.8) is 0 Å². The van der Waals surface area contributed by atoms with Crippen molar-refractivity contribution in [3.05, 3.63) is 18.0 Å².